The summed E-state index contributed by atoms with van der Waals surface area (Å²) in [6.45, 7) is 2.81. The molecule has 2 aliphatic heterocycles. The summed E-state index contributed by atoms with van der Waals surface area (Å²) >= 11 is 0. The Balaban J connectivity index is 1.55. The number of amides is 3. The molecule has 2 aromatic carbocycles. The van der Waals surface area contributed by atoms with Crippen LogP contribution in [-0.2, 0) is 16.1 Å². The molecule has 8 heteroatoms. The molecule has 1 fully saturated rings. The third kappa shape index (κ3) is 4.10. The number of hydrogen-bond donors (Lipinski definition) is 1. The first-order chi connectivity index (χ1) is 15.0. The van der Waals surface area contributed by atoms with Crippen LogP contribution in [0.15, 0.2) is 42.5 Å². The Kier molecular flexibility index (Phi) is 5.88. The lowest BCUT2D eigenvalue weighted by Gasteiger charge is -2.25. The number of anilines is 1. The van der Waals surface area contributed by atoms with E-state index in [1.165, 1.54) is 21.9 Å². The summed E-state index contributed by atoms with van der Waals surface area (Å²) in [7, 11) is 0. The average molecular weight is 425 g/mol. The maximum Gasteiger partial charge on any atom is 0.256 e. The number of rotatable bonds is 6. The lowest BCUT2D eigenvalue weighted by atomic mass is 10.1. The topological polar surface area (TPSA) is 79.0 Å². The van der Waals surface area contributed by atoms with E-state index < -0.39 is 11.9 Å². The first-order valence-electron chi connectivity index (χ1n) is 10.4. The molecule has 2 aliphatic rings. The number of halogens is 1. The molecule has 0 radical (unpaired) electrons. The highest BCUT2D eigenvalue weighted by Crippen LogP contribution is 2.32. The smallest absolute Gasteiger partial charge is 0.256 e. The van der Waals surface area contributed by atoms with Gasteiger partial charge in [0.25, 0.3) is 5.91 Å². The van der Waals surface area contributed by atoms with E-state index in [9.17, 15) is 18.8 Å². The molecule has 0 aliphatic carbocycles. The summed E-state index contributed by atoms with van der Waals surface area (Å²) in [5, 5.41) is 2.81. The monoisotopic (exact) mass is 425 g/mol. The van der Waals surface area contributed by atoms with E-state index in [0.29, 0.717) is 31.7 Å². The molecule has 7 nitrogen and oxygen atoms in total. The predicted molar refractivity (Wildman–Crippen MR) is 112 cm³/mol. The summed E-state index contributed by atoms with van der Waals surface area (Å²) < 4.78 is 19.5. The van der Waals surface area contributed by atoms with Gasteiger partial charge >= 0.3 is 0 Å². The molecular weight excluding hydrogens is 401 g/mol. The molecule has 2 aromatic rings. The lowest BCUT2D eigenvalue weighted by molar-refractivity contribution is -0.125. The predicted octanol–water partition coefficient (Wildman–Crippen LogP) is 2.49. The second kappa shape index (κ2) is 8.75. The molecule has 0 bridgehead atoms. The molecule has 1 N–H and O–H groups in total. The molecule has 3 amide bonds. The summed E-state index contributed by atoms with van der Waals surface area (Å²) in [5.74, 6) is -0.952. The van der Waals surface area contributed by atoms with Gasteiger partial charge in [0, 0.05) is 18.7 Å². The molecule has 1 atom stereocenters. The van der Waals surface area contributed by atoms with Crippen molar-refractivity contribution < 1.29 is 23.5 Å². The zero-order valence-corrected chi connectivity index (χ0v) is 17.3. The third-order valence-corrected chi connectivity index (χ3v) is 5.59. The van der Waals surface area contributed by atoms with Crippen molar-refractivity contribution in [1.29, 1.82) is 0 Å². The minimum Gasteiger partial charge on any atom is -0.494 e. The number of nitrogens with zero attached hydrogens (tertiary/aromatic N) is 2. The minimum absolute atomic E-state index is 0.104. The zero-order valence-electron chi connectivity index (χ0n) is 17.3. The number of hydrogen-bond acceptors (Lipinski definition) is 4. The van der Waals surface area contributed by atoms with Gasteiger partial charge in [0.2, 0.25) is 11.8 Å². The Hall–Kier alpha value is -3.42. The molecule has 1 saturated heterocycles. The highest BCUT2D eigenvalue weighted by Gasteiger charge is 2.42. The van der Waals surface area contributed by atoms with Gasteiger partial charge in [-0.1, -0.05) is 18.2 Å². The van der Waals surface area contributed by atoms with Crippen molar-refractivity contribution in [3.8, 4) is 5.75 Å². The SMILES string of the molecule is CCOc1ccccc1CNC(=O)CN1C(=O)[C@H]2CCCN2C(=O)c2cc(F)ccc21. The van der Waals surface area contributed by atoms with Crippen molar-refractivity contribution in [1.82, 2.24) is 10.2 Å². The highest BCUT2D eigenvalue weighted by molar-refractivity contribution is 6.12. The molecule has 31 heavy (non-hydrogen) atoms. The van der Waals surface area contributed by atoms with Crippen molar-refractivity contribution in [2.24, 2.45) is 0 Å². The number of fused-ring (bicyclic) bond motifs is 2. The van der Waals surface area contributed by atoms with E-state index in [2.05, 4.69) is 5.32 Å². The molecule has 0 saturated carbocycles. The Morgan fingerprint density at radius 1 is 1.23 bits per heavy atom. The van der Waals surface area contributed by atoms with Crippen LogP contribution in [0.3, 0.4) is 0 Å². The second-order valence-corrected chi connectivity index (χ2v) is 7.56. The van der Waals surface area contributed by atoms with E-state index >= 15 is 0 Å². The van der Waals surface area contributed by atoms with Gasteiger partial charge in [0.1, 0.15) is 24.2 Å². The summed E-state index contributed by atoms with van der Waals surface area (Å²) in [6.07, 6.45) is 1.22. The summed E-state index contributed by atoms with van der Waals surface area (Å²) in [5.41, 5.74) is 1.18. The molecule has 162 valence electrons. The van der Waals surface area contributed by atoms with Crippen LogP contribution in [0, 0.1) is 5.82 Å². The van der Waals surface area contributed by atoms with E-state index in [-0.39, 0.29) is 42.1 Å². The first-order valence-corrected chi connectivity index (χ1v) is 10.4. The van der Waals surface area contributed by atoms with Crippen LogP contribution in [0.4, 0.5) is 10.1 Å². The van der Waals surface area contributed by atoms with Crippen LogP contribution >= 0.6 is 0 Å². The molecule has 0 spiro atoms. The van der Waals surface area contributed by atoms with Crippen molar-refractivity contribution in [2.75, 3.05) is 24.6 Å². The number of para-hydroxylation sites is 1. The van der Waals surface area contributed by atoms with Gasteiger partial charge in [-0.15, -0.1) is 0 Å². The number of carbonyl (C=O) groups is 3. The van der Waals surface area contributed by atoms with E-state index in [1.54, 1.807) is 0 Å². The maximum atomic E-state index is 13.9. The van der Waals surface area contributed by atoms with Crippen LogP contribution in [-0.4, -0.2) is 48.4 Å². The molecule has 4 rings (SSSR count). The number of benzene rings is 2. The minimum atomic E-state index is -0.630. The fourth-order valence-corrected chi connectivity index (χ4v) is 4.14. The highest BCUT2D eigenvalue weighted by atomic mass is 19.1. The standard InChI is InChI=1S/C23H24FN3O4/c1-2-31-20-8-4-3-6-15(20)13-25-21(28)14-27-18-10-9-16(24)12-17(18)22(29)26-11-5-7-19(26)23(27)30/h3-4,6,8-10,12,19H,2,5,7,11,13-14H2,1H3,(H,25,28)/t19-/m1/s1. The van der Waals surface area contributed by atoms with Crippen molar-refractivity contribution in [2.45, 2.75) is 32.4 Å². The molecular formula is C23H24FN3O4. The van der Waals surface area contributed by atoms with Gasteiger partial charge in [0.05, 0.1) is 17.9 Å². The van der Waals surface area contributed by atoms with Crippen molar-refractivity contribution in [3.05, 3.63) is 59.4 Å². The van der Waals surface area contributed by atoms with Gasteiger partial charge in [0.15, 0.2) is 0 Å². The fraction of sp³-hybridized carbons (Fsp3) is 0.348. The average Bonchev–Trinajstić information content (AvgIpc) is 3.24. The lowest BCUT2D eigenvalue weighted by Crippen LogP contribution is -2.48. The Bertz CT molecular complexity index is 1030. The van der Waals surface area contributed by atoms with Crippen LogP contribution < -0.4 is 15.0 Å². The number of carbonyl (C=O) groups excluding carboxylic acids is 3. The second-order valence-electron chi connectivity index (χ2n) is 7.56. The van der Waals surface area contributed by atoms with E-state index in [4.69, 9.17) is 4.74 Å². The molecule has 0 aromatic heterocycles. The van der Waals surface area contributed by atoms with Gasteiger partial charge < -0.3 is 19.9 Å². The number of nitrogens with one attached hydrogen (secondary N) is 1. The molecule has 0 unspecified atom stereocenters. The van der Waals surface area contributed by atoms with Crippen molar-refractivity contribution in [3.63, 3.8) is 0 Å². The summed E-state index contributed by atoms with van der Waals surface area (Å²) in [6, 6.07) is 10.5. The quantitative estimate of drug-likeness (QED) is 0.771. The number of ether oxygens (including phenoxy) is 1. The van der Waals surface area contributed by atoms with Crippen LogP contribution in [0.25, 0.3) is 0 Å². The van der Waals surface area contributed by atoms with Crippen LogP contribution in [0.2, 0.25) is 0 Å². The normalized spacial score (nSPS) is 17.8. The van der Waals surface area contributed by atoms with E-state index in [0.717, 1.165) is 11.6 Å². The zero-order chi connectivity index (χ0) is 22.0. The first kappa shape index (κ1) is 20.8. The van der Waals surface area contributed by atoms with Gasteiger partial charge in [-0.2, -0.15) is 0 Å². The van der Waals surface area contributed by atoms with Crippen LogP contribution in [0.1, 0.15) is 35.7 Å². The van der Waals surface area contributed by atoms with Gasteiger partial charge in [-0.3, -0.25) is 14.4 Å². The Morgan fingerprint density at radius 3 is 2.84 bits per heavy atom. The van der Waals surface area contributed by atoms with Gasteiger partial charge in [-0.25, -0.2) is 4.39 Å². The Labute approximate surface area is 179 Å². The fourth-order valence-electron chi connectivity index (χ4n) is 4.14. The molecule has 2 heterocycles. The summed E-state index contributed by atoms with van der Waals surface area (Å²) in [4.78, 5) is 41.7. The van der Waals surface area contributed by atoms with Crippen molar-refractivity contribution >= 4 is 23.4 Å². The largest absolute Gasteiger partial charge is 0.494 e. The van der Waals surface area contributed by atoms with Gasteiger partial charge in [-0.05, 0) is 44.0 Å². The third-order valence-electron chi connectivity index (χ3n) is 5.59. The maximum absolute atomic E-state index is 13.9. The Morgan fingerprint density at radius 2 is 2.03 bits per heavy atom. The van der Waals surface area contributed by atoms with E-state index in [1.807, 2.05) is 31.2 Å². The van der Waals surface area contributed by atoms with Crippen LogP contribution in [0.5, 0.6) is 5.75 Å².